The van der Waals surface area contributed by atoms with Crippen molar-refractivity contribution < 1.29 is 4.79 Å². The number of hydrogen-bond acceptors (Lipinski definition) is 3. The molecule has 1 N–H and O–H groups in total. The zero-order valence-corrected chi connectivity index (χ0v) is 13.4. The lowest BCUT2D eigenvalue weighted by Gasteiger charge is -2.35. The fourth-order valence-electron chi connectivity index (χ4n) is 3.37. The maximum atomic E-state index is 12.3. The predicted molar refractivity (Wildman–Crippen MR) is 82.7 cm³/mol. The Balaban J connectivity index is 1.68. The summed E-state index contributed by atoms with van der Waals surface area (Å²) in [4.78, 5) is 17.1. The highest BCUT2D eigenvalue weighted by molar-refractivity contribution is 5.79. The molecular formula is C16H31N3O. The van der Waals surface area contributed by atoms with Crippen molar-refractivity contribution in [2.24, 2.45) is 11.8 Å². The molecule has 20 heavy (non-hydrogen) atoms. The molecule has 2 aliphatic heterocycles. The molecule has 0 unspecified atom stereocenters. The van der Waals surface area contributed by atoms with Gasteiger partial charge in [0.2, 0.25) is 5.91 Å². The van der Waals surface area contributed by atoms with Crippen molar-refractivity contribution in [2.75, 3.05) is 39.8 Å². The van der Waals surface area contributed by atoms with Gasteiger partial charge >= 0.3 is 0 Å². The smallest absolute Gasteiger partial charge is 0.223 e. The molecule has 0 aromatic carbocycles. The molecule has 4 heteroatoms. The summed E-state index contributed by atoms with van der Waals surface area (Å²) in [5.74, 6) is 1.29. The molecule has 2 saturated heterocycles. The van der Waals surface area contributed by atoms with Crippen LogP contribution in [0.15, 0.2) is 0 Å². The van der Waals surface area contributed by atoms with Crippen molar-refractivity contribution in [1.29, 1.82) is 0 Å². The van der Waals surface area contributed by atoms with Crippen LogP contribution in [-0.2, 0) is 4.79 Å². The van der Waals surface area contributed by atoms with Crippen molar-refractivity contribution >= 4 is 5.91 Å². The van der Waals surface area contributed by atoms with Crippen LogP contribution in [0.4, 0.5) is 0 Å². The Labute approximate surface area is 123 Å². The van der Waals surface area contributed by atoms with Gasteiger partial charge in [-0.05, 0) is 51.7 Å². The second-order valence-electron chi connectivity index (χ2n) is 7.05. The lowest BCUT2D eigenvalue weighted by atomic mass is 9.95. The quantitative estimate of drug-likeness (QED) is 0.849. The summed E-state index contributed by atoms with van der Waals surface area (Å²) in [6.07, 6.45) is 4.28. The number of carbonyl (C=O) groups excluding carboxylic acids is 1. The molecular weight excluding hydrogens is 250 g/mol. The van der Waals surface area contributed by atoms with Crippen LogP contribution in [0.1, 0.15) is 39.5 Å². The summed E-state index contributed by atoms with van der Waals surface area (Å²) in [5.41, 5.74) is 0. The molecule has 0 bridgehead atoms. The molecule has 2 heterocycles. The molecule has 0 radical (unpaired) electrons. The summed E-state index contributed by atoms with van der Waals surface area (Å²) in [7, 11) is 2.14. The molecule has 0 aromatic heterocycles. The van der Waals surface area contributed by atoms with Gasteiger partial charge in [-0.2, -0.15) is 0 Å². The van der Waals surface area contributed by atoms with Gasteiger partial charge in [0.25, 0.3) is 0 Å². The first-order chi connectivity index (χ1) is 9.54. The molecule has 1 amide bonds. The fraction of sp³-hybridized carbons (Fsp3) is 0.938. The van der Waals surface area contributed by atoms with E-state index in [4.69, 9.17) is 0 Å². The average molecular weight is 281 g/mol. The van der Waals surface area contributed by atoms with E-state index in [9.17, 15) is 4.79 Å². The number of nitrogens with zero attached hydrogens (tertiary/aromatic N) is 2. The fourth-order valence-corrected chi connectivity index (χ4v) is 3.37. The van der Waals surface area contributed by atoms with Crippen molar-refractivity contribution in [3.8, 4) is 0 Å². The number of piperidine rings is 2. The highest BCUT2D eigenvalue weighted by Gasteiger charge is 2.26. The normalized spacial score (nSPS) is 24.2. The third-order valence-corrected chi connectivity index (χ3v) is 4.65. The molecule has 0 atom stereocenters. The van der Waals surface area contributed by atoms with Gasteiger partial charge in [-0.1, -0.05) is 13.8 Å². The van der Waals surface area contributed by atoms with Gasteiger partial charge in [-0.15, -0.1) is 0 Å². The number of nitrogens with one attached hydrogen (secondary N) is 1. The summed E-state index contributed by atoms with van der Waals surface area (Å²) >= 11 is 0. The van der Waals surface area contributed by atoms with Crippen molar-refractivity contribution in [3.05, 3.63) is 0 Å². The maximum absolute atomic E-state index is 12.3. The molecule has 2 fully saturated rings. The lowest BCUT2D eigenvalue weighted by molar-refractivity contribution is -0.127. The molecule has 116 valence electrons. The van der Waals surface area contributed by atoms with Crippen LogP contribution in [0.3, 0.4) is 0 Å². The molecule has 2 rings (SSSR count). The van der Waals surface area contributed by atoms with Crippen LogP contribution in [0.25, 0.3) is 0 Å². The van der Waals surface area contributed by atoms with Crippen LogP contribution < -0.4 is 5.32 Å². The molecule has 4 nitrogen and oxygen atoms in total. The third-order valence-electron chi connectivity index (χ3n) is 4.65. The van der Waals surface area contributed by atoms with E-state index in [1.807, 2.05) is 0 Å². The minimum Gasteiger partial charge on any atom is -0.353 e. The maximum Gasteiger partial charge on any atom is 0.223 e. The van der Waals surface area contributed by atoms with Crippen molar-refractivity contribution in [2.45, 2.75) is 45.6 Å². The van der Waals surface area contributed by atoms with Gasteiger partial charge in [0.05, 0.1) is 0 Å². The minimum atomic E-state index is 0.250. The van der Waals surface area contributed by atoms with E-state index in [2.05, 4.69) is 36.0 Å². The summed E-state index contributed by atoms with van der Waals surface area (Å²) in [6, 6.07) is 0.408. The van der Waals surface area contributed by atoms with E-state index in [1.165, 1.54) is 6.54 Å². The molecule has 0 saturated carbocycles. The first-order valence-electron chi connectivity index (χ1n) is 8.26. The Morgan fingerprint density at radius 2 is 1.70 bits per heavy atom. The Bertz CT molecular complexity index is 303. The zero-order valence-electron chi connectivity index (χ0n) is 13.4. The topological polar surface area (TPSA) is 35.6 Å². The Morgan fingerprint density at radius 1 is 1.10 bits per heavy atom. The predicted octanol–water partition coefficient (Wildman–Crippen LogP) is 1.56. The molecule has 2 aliphatic rings. The Kier molecular flexibility index (Phi) is 5.85. The van der Waals surface area contributed by atoms with Gasteiger partial charge in [-0.3, -0.25) is 4.79 Å². The lowest BCUT2D eigenvalue weighted by Crippen LogP contribution is -2.48. The van der Waals surface area contributed by atoms with E-state index in [0.29, 0.717) is 11.9 Å². The van der Waals surface area contributed by atoms with Gasteiger partial charge in [0.1, 0.15) is 0 Å². The van der Waals surface area contributed by atoms with Crippen LogP contribution >= 0.6 is 0 Å². The standard InChI is InChI=1S/C16H31N3O/c1-13(2)12-19-10-6-15(7-11-19)17-16(20)14-4-8-18(3)9-5-14/h13-15H,4-12H2,1-3H3,(H,17,20). The molecule has 0 spiro atoms. The number of amides is 1. The second kappa shape index (κ2) is 7.41. The second-order valence-corrected chi connectivity index (χ2v) is 7.05. The van der Waals surface area contributed by atoms with Crippen LogP contribution in [-0.4, -0.2) is 61.5 Å². The number of hydrogen-bond donors (Lipinski definition) is 1. The van der Waals surface area contributed by atoms with Gasteiger partial charge in [0.15, 0.2) is 0 Å². The SMILES string of the molecule is CC(C)CN1CCC(NC(=O)C2CCN(C)CC2)CC1. The molecule has 0 aromatic rings. The van der Waals surface area contributed by atoms with Crippen LogP contribution in [0, 0.1) is 11.8 Å². The van der Waals surface area contributed by atoms with E-state index >= 15 is 0 Å². The third kappa shape index (κ3) is 4.74. The summed E-state index contributed by atoms with van der Waals surface area (Å²) in [5, 5.41) is 3.29. The number of likely N-dealkylation sites (tertiary alicyclic amines) is 2. The first kappa shape index (κ1) is 15.8. The first-order valence-corrected chi connectivity index (χ1v) is 8.26. The van der Waals surface area contributed by atoms with Crippen molar-refractivity contribution in [1.82, 2.24) is 15.1 Å². The van der Waals surface area contributed by atoms with E-state index < -0.39 is 0 Å². The summed E-state index contributed by atoms with van der Waals surface area (Å²) in [6.45, 7) is 10.1. The van der Waals surface area contributed by atoms with Gasteiger partial charge in [-0.25, -0.2) is 0 Å². The number of carbonyl (C=O) groups is 1. The largest absolute Gasteiger partial charge is 0.353 e. The number of rotatable bonds is 4. The highest BCUT2D eigenvalue weighted by atomic mass is 16.1. The molecule has 0 aliphatic carbocycles. The summed E-state index contributed by atoms with van der Waals surface area (Å²) < 4.78 is 0. The average Bonchev–Trinajstić information content (AvgIpc) is 2.41. The monoisotopic (exact) mass is 281 g/mol. The van der Waals surface area contributed by atoms with E-state index in [0.717, 1.165) is 57.8 Å². The zero-order chi connectivity index (χ0) is 14.5. The van der Waals surface area contributed by atoms with Gasteiger partial charge in [0, 0.05) is 31.6 Å². The Hall–Kier alpha value is -0.610. The van der Waals surface area contributed by atoms with Crippen LogP contribution in [0.2, 0.25) is 0 Å². The van der Waals surface area contributed by atoms with Crippen molar-refractivity contribution in [3.63, 3.8) is 0 Å². The highest BCUT2D eigenvalue weighted by Crippen LogP contribution is 2.18. The van der Waals surface area contributed by atoms with E-state index in [1.54, 1.807) is 0 Å². The Morgan fingerprint density at radius 3 is 2.25 bits per heavy atom. The van der Waals surface area contributed by atoms with Crippen LogP contribution in [0.5, 0.6) is 0 Å². The minimum absolute atomic E-state index is 0.250. The van der Waals surface area contributed by atoms with E-state index in [-0.39, 0.29) is 5.92 Å². The van der Waals surface area contributed by atoms with Gasteiger partial charge < -0.3 is 15.1 Å².